The molecule has 0 atom stereocenters. The Hall–Kier alpha value is -1.35. The Kier molecular flexibility index (Phi) is 2.85. The molecule has 0 saturated heterocycles. The largest absolute Gasteiger partial charge is 0.330 e. The summed E-state index contributed by atoms with van der Waals surface area (Å²) in [5, 5.41) is 0. The molecule has 0 amide bonds. The minimum absolute atomic E-state index is 0.709. The zero-order chi connectivity index (χ0) is 11.7. The average molecular weight is 229 g/mol. The predicted molar refractivity (Wildman–Crippen MR) is 71.6 cm³/mol. The van der Waals surface area contributed by atoms with Crippen LogP contribution in [0.2, 0.25) is 0 Å². The van der Waals surface area contributed by atoms with Crippen molar-refractivity contribution in [2.45, 2.75) is 19.3 Å². The third-order valence-corrected chi connectivity index (χ3v) is 3.51. The van der Waals surface area contributed by atoms with Gasteiger partial charge >= 0.3 is 0 Å². The van der Waals surface area contributed by atoms with Gasteiger partial charge in [0.05, 0.1) is 6.54 Å². The summed E-state index contributed by atoms with van der Waals surface area (Å²) < 4.78 is 0. The van der Waals surface area contributed by atoms with Gasteiger partial charge in [0.2, 0.25) is 0 Å². The molecule has 1 aliphatic heterocycles. The first-order valence-corrected chi connectivity index (χ1v) is 6.50. The third-order valence-electron chi connectivity index (χ3n) is 3.51. The smallest absolute Gasteiger partial charge is 0.107 e. The van der Waals surface area contributed by atoms with Crippen molar-refractivity contribution in [1.82, 2.24) is 0 Å². The molecule has 0 unspecified atom stereocenters. The van der Waals surface area contributed by atoms with Crippen LogP contribution in [0.5, 0.6) is 0 Å². The van der Waals surface area contributed by atoms with Gasteiger partial charge in [-0.05, 0) is 37.4 Å². The van der Waals surface area contributed by atoms with Crippen molar-refractivity contribution in [1.29, 1.82) is 0 Å². The van der Waals surface area contributed by atoms with Crippen molar-refractivity contribution < 1.29 is 0 Å². The maximum absolute atomic E-state index is 5.69. The van der Waals surface area contributed by atoms with Gasteiger partial charge in [-0.2, -0.15) is 0 Å². The highest BCUT2D eigenvalue weighted by Gasteiger charge is 2.34. The van der Waals surface area contributed by atoms with Gasteiger partial charge in [0.1, 0.15) is 5.84 Å². The van der Waals surface area contributed by atoms with Crippen molar-refractivity contribution in [3.8, 4) is 0 Å². The Bertz CT molecular complexity index is 435. The number of hydrogen-bond donors (Lipinski definition) is 1. The molecular formula is C14H19N3. The van der Waals surface area contributed by atoms with Crippen LogP contribution in [-0.2, 0) is 6.42 Å². The average Bonchev–Trinajstić information content (AvgIpc) is 3.09. The van der Waals surface area contributed by atoms with Gasteiger partial charge in [0, 0.05) is 18.2 Å². The van der Waals surface area contributed by atoms with Crippen LogP contribution in [0.25, 0.3) is 0 Å². The van der Waals surface area contributed by atoms with Crippen LogP contribution in [-0.4, -0.2) is 25.5 Å². The summed E-state index contributed by atoms with van der Waals surface area (Å²) in [7, 11) is 0. The van der Waals surface area contributed by atoms with Gasteiger partial charge in [-0.15, -0.1) is 0 Å². The van der Waals surface area contributed by atoms with Crippen molar-refractivity contribution in [3.63, 3.8) is 0 Å². The lowest BCUT2D eigenvalue weighted by Gasteiger charge is -2.23. The second-order valence-corrected chi connectivity index (χ2v) is 4.83. The van der Waals surface area contributed by atoms with E-state index < -0.39 is 0 Å². The highest BCUT2D eigenvalue weighted by Crippen LogP contribution is 2.36. The summed E-state index contributed by atoms with van der Waals surface area (Å²) in [4.78, 5) is 7.07. The molecule has 1 heterocycles. The zero-order valence-electron chi connectivity index (χ0n) is 10.1. The van der Waals surface area contributed by atoms with E-state index in [4.69, 9.17) is 5.73 Å². The predicted octanol–water partition coefficient (Wildman–Crippen LogP) is 1.82. The van der Waals surface area contributed by atoms with Crippen molar-refractivity contribution >= 4 is 11.5 Å². The highest BCUT2D eigenvalue weighted by atomic mass is 15.2. The van der Waals surface area contributed by atoms with Crippen molar-refractivity contribution in [2.75, 3.05) is 24.5 Å². The number of rotatable bonds is 4. The molecule has 0 spiro atoms. The molecule has 1 aliphatic carbocycles. The number of aliphatic imine (C=N–C) groups is 1. The number of nitrogens with two attached hydrogens (primary N) is 1. The SMILES string of the molecule is NCCc1ccccc1N1CCN=C1C1CC1. The molecule has 1 aromatic rings. The Morgan fingerprint density at radius 1 is 1.29 bits per heavy atom. The van der Waals surface area contributed by atoms with Gasteiger partial charge in [-0.3, -0.25) is 4.99 Å². The lowest BCUT2D eigenvalue weighted by Crippen LogP contribution is -2.29. The molecule has 0 radical (unpaired) electrons. The first kappa shape index (κ1) is 10.8. The Morgan fingerprint density at radius 3 is 2.88 bits per heavy atom. The van der Waals surface area contributed by atoms with Gasteiger partial charge in [-0.1, -0.05) is 18.2 Å². The van der Waals surface area contributed by atoms with E-state index in [1.54, 1.807) is 0 Å². The van der Waals surface area contributed by atoms with Crippen LogP contribution < -0.4 is 10.6 Å². The van der Waals surface area contributed by atoms with Crippen LogP contribution >= 0.6 is 0 Å². The van der Waals surface area contributed by atoms with Gasteiger partial charge in [0.15, 0.2) is 0 Å². The molecular weight excluding hydrogens is 210 g/mol. The standard InChI is InChI=1S/C14H19N3/c15-8-7-11-3-1-2-4-13(11)17-10-9-16-14(17)12-5-6-12/h1-4,12H,5-10,15H2. The third kappa shape index (κ3) is 2.07. The topological polar surface area (TPSA) is 41.6 Å². The minimum atomic E-state index is 0.709. The maximum Gasteiger partial charge on any atom is 0.107 e. The molecule has 0 bridgehead atoms. The number of anilines is 1. The molecule has 90 valence electrons. The molecule has 3 rings (SSSR count). The lowest BCUT2D eigenvalue weighted by molar-refractivity contribution is 0.945. The molecule has 1 saturated carbocycles. The summed E-state index contributed by atoms with van der Waals surface area (Å²) in [6, 6.07) is 8.59. The molecule has 1 aromatic carbocycles. The quantitative estimate of drug-likeness (QED) is 0.855. The molecule has 2 aliphatic rings. The van der Waals surface area contributed by atoms with E-state index in [1.165, 1.54) is 29.9 Å². The van der Waals surface area contributed by atoms with E-state index in [9.17, 15) is 0 Å². The van der Waals surface area contributed by atoms with Crippen LogP contribution in [0.15, 0.2) is 29.3 Å². The maximum atomic E-state index is 5.69. The minimum Gasteiger partial charge on any atom is -0.330 e. The molecule has 0 aromatic heterocycles. The monoisotopic (exact) mass is 229 g/mol. The van der Waals surface area contributed by atoms with E-state index >= 15 is 0 Å². The fourth-order valence-corrected chi connectivity index (χ4v) is 2.54. The van der Waals surface area contributed by atoms with Gasteiger partial charge in [-0.25, -0.2) is 0 Å². The number of amidine groups is 1. The van der Waals surface area contributed by atoms with E-state index in [-0.39, 0.29) is 0 Å². The van der Waals surface area contributed by atoms with E-state index in [1.807, 2.05) is 0 Å². The fourth-order valence-electron chi connectivity index (χ4n) is 2.54. The summed E-state index contributed by atoms with van der Waals surface area (Å²) in [5.74, 6) is 2.04. The summed E-state index contributed by atoms with van der Waals surface area (Å²) >= 11 is 0. The Morgan fingerprint density at radius 2 is 2.12 bits per heavy atom. The first-order chi connectivity index (χ1) is 8.40. The van der Waals surface area contributed by atoms with Gasteiger partial charge < -0.3 is 10.6 Å². The van der Waals surface area contributed by atoms with Crippen molar-refractivity contribution in [3.05, 3.63) is 29.8 Å². The van der Waals surface area contributed by atoms with Crippen LogP contribution in [0.4, 0.5) is 5.69 Å². The number of nitrogens with zero attached hydrogens (tertiary/aromatic N) is 2. The Labute approximate surface area is 102 Å². The second kappa shape index (κ2) is 4.49. The zero-order valence-corrected chi connectivity index (χ0v) is 10.1. The summed E-state index contributed by atoms with van der Waals surface area (Å²) in [6.07, 6.45) is 3.58. The fraction of sp³-hybridized carbons (Fsp3) is 0.500. The molecule has 3 nitrogen and oxygen atoms in total. The van der Waals surface area contributed by atoms with Gasteiger partial charge in [0.25, 0.3) is 0 Å². The second-order valence-electron chi connectivity index (χ2n) is 4.83. The van der Waals surface area contributed by atoms with E-state index in [0.717, 1.165) is 25.4 Å². The molecule has 1 fully saturated rings. The molecule has 3 heteroatoms. The first-order valence-electron chi connectivity index (χ1n) is 6.50. The van der Waals surface area contributed by atoms with Crippen molar-refractivity contribution in [2.24, 2.45) is 16.6 Å². The van der Waals surface area contributed by atoms with Crippen LogP contribution in [0.3, 0.4) is 0 Å². The number of hydrogen-bond acceptors (Lipinski definition) is 3. The van der Waals surface area contributed by atoms with E-state index in [2.05, 4.69) is 34.2 Å². The van der Waals surface area contributed by atoms with E-state index in [0.29, 0.717) is 6.54 Å². The lowest BCUT2D eigenvalue weighted by atomic mass is 10.1. The highest BCUT2D eigenvalue weighted by molar-refractivity contribution is 6.02. The molecule has 17 heavy (non-hydrogen) atoms. The molecule has 2 N–H and O–H groups in total. The van der Waals surface area contributed by atoms with Crippen LogP contribution in [0.1, 0.15) is 18.4 Å². The van der Waals surface area contributed by atoms with Crippen LogP contribution in [0, 0.1) is 5.92 Å². The Balaban J connectivity index is 1.90. The summed E-state index contributed by atoms with van der Waals surface area (Å²) in [6.45, 7) is 2.69. The summed E-state index contributed by atoms with van der Waals surface area (Å²) in [5.41, 5.74) is 8.36. The number of benzene rings is 1. The number of para-hydroxylation sites is 1. The normalized spacial score (nSPS) is 19.6.